The van der Waals surface area contributed by atoms with Crippen LogP contribution in [0.5, 0.6) is 0 Å². The molecule has 0 saturated heterocycles. The lowest BCUT2D eigenvalue weighted by molar-refractivity contribution is -0.138. The highest BCUT2D eigenvalue weighted by Crippen LogP contribution is 2.33. The fraction of sp³-hybridized carbons (Fsp3) is 0.350. The van der Waals surface area contributed by atoms with Crippen LogP contribution >= 0.6 is 11.3 Å². The Kier molecular flexibility index (Phi) is 6.45. The number of benzene rings is 1. The van der Waals surface area contributed by atoms with Crippen LogP contribution in [0, 0.1) is 20.8 Å². The molecule has 0 unspecified atom stereocenters. The highest BCUT2D eigenvalue weighted by Gasteiger charge is 2.33. The summed E-state index contributed by atoms with van der Waals surface area (Å²) in [6.07, 6.45) is -2.71. The van der Waals surface area contributed by atoms with E-state index >= 15 is 0 Å². The van der Waals surface area contributed by atoms with Crippen molar-refractivity contribution >= 4 is 17.3 Å². The second-order valence-corrected chi connectivity index (χ2v) is 8.14. The Morgan fingerprint density at radius 1 is 1.13 bits per heavy atom. The van der Waals surface area contributed by atoms with E-state index in [-0.39, 0.29) is 12.1 Å². The summed E-state index contributed by atoms with van der Waals surface area (Å²) in [4.78, 5) is 9.41. The maximum Gasteiger partial charge on any atom is 0.416 e. The molecule has 6 nitrogen and oxygen atoms in total. The maximum atomic E-state index is 13.7. The van der Waals surface area contributed by atoms with Gasteiger partial charge in [-0.2, -0.15) is 18.3 Å². The number of thiazole rings is 1. The van der Waals surface area contributed by atoms with Gasteiger partial charge in [0.25, 0.3) is 0 Å². The van der Waals surface area contributed by atoms with Crippen LogP contribution in [0.3, 0.4) is 0 Å². The Labute approximate surface area is 176 Å². The van der Waals surface area contributed by atoms with Gasteiger partial charge in [0.05, 0.1) is 23.5 Å². The van der Waals surface area contributed by atoms with Crippen LogP contribution in [0.1, 0.15) is 32.4 Å². The second-order valence-electron chi connectivity index (χ2n) is 6.82. The molecule has 30 heavy (non-hydrogen) atoms. The number of alkyl halides is 3. The highest BCUT2D eigenvalue weighted by atomic mass is 32.1. The third-order valence-corrected chi connectivity index (χ3v) is 5.31. The Morgan fingerprint density at radius 3 is 2.43 bits per heavy atom. The Balaban J connectivity index is 1.76. The summed E-state index contributed by atoms with van der Waals surface area (Å²) in [6.45, 7) is 5.99. The zero-order valence-corrected chi connectivity index (χ0v) is 17.9. The van der Waals surface area contributed by atoms with Gasteiger partial charge in [0.15, 0.2) is 5.96 Å². The summed E-state index contributed by atoms with van der Waals surface area (Å²) in [5, 5.41) is 11.2. The molecule has 0 aliphatic carbocycles. The van der Waals surface area contributed by atoms with E-state index in [1.54, 1.807) is 37.6 Å². The standard InChI is InChI=1S/C20H23F3N6S/c1-12-7-13(2)29(28-12)16-6-5-15(17(8-16)20(21,22)23)10-26-19(24-4)27-11-18-25-9-14(3)30-18/h5-9H,10-11H2,1-4H3,(H2,24,26,27). The summed E-state index contributed by atoms with van der Waals surface area (Å²) >= 11 is 1.55. The largest absolute Gasteiger partial charge is 0.416 e. The molecule has 2 heterocycles. The first-order chi connectivity index (χ1) is 14.2. The zero-order chi connectivity index (χ0) is 21.9. The van der Waals surface area contributed by atoms with Crippen molar-refractivity contribution < 1.29 is 13.2 Å². The number of aromatic nitrogens is 3. The fourth-order valence-electron chi connectivity index (χ4n) is 3.05. The van der Waals surface area contributed by atoms with E-state index in [0.717, 1.165) is 27.3 Å². The minimum absolute atomic E-state index is 0.0250. The number of rotatable bonds is 5. The number of guanidine groups is 1. The predicted octanol–water partition coefficient (Wildman–Crippen LogP) is 4.14. The molecular weight excluding hydrogens is 413 g/mol. The van der Waals surface area contributed by atoms with Crippen molar-refractivity contribution in [3.63, 3.8) is 0 Å². The lowest BCUT2D eigenvalue weighted by atomic mass is 10.1. The quantitative estimate of drug-likeness (QED) is 0.466. The predicted molar refractivity (Wildman–Crippen MR) is 112 cm³/mol. The van der Waals surface area contributed by atoms with E-state index in [4.69, 9.17) is 0 Å². The van der Waals surface area contributed by atoms with E-state index in [2.05, 4.69) is 25.7 Å². The molecule has 10 heteroatoms. The van der Waals surface area contributed by atoms with Crippen LogP contribution in [0.2, 0.25) is 0 Å². The van der Waals surface area contributed by atoms with Gasteiger partial charge in [0.1, 0.15) is 5.01 Å². The molecule has 2 N–H and O–H groups in total. The van der Waals surface area contributed by atoms with Crippen LogP contribution in [0.4, 0.5) is 13.2 Å². The maximum absolute atomic E-state index is 13.7. The summed E-state index contributed by atoms with van der Waals surface area (Å²) in [5.41, 5.74) is 1.32. The molecule has 0 fully saturated rings. The molecule has 0 radical (unpaired) electrons. The van der Waals surface area contributed by atoms with Crippen LogP contribution in [0.15, 0.2) is 35.5 Å². The topological polar surface area (TPSA) is 67.1 Å². The summed E-state index contributed by atoms with van der Waals surface area (Å²) in [6, 6.07) is 6.06. The molecular formula is C20H23F3N6S. The number of hydrogen-bond acceptors (Lipinski definition) is 4. The first kappa shape index (κ1) is 21.8. The van der Waals surface area contributed by atoms with Crippen molar-refractivity contribution in [3.05, 3.63) is 62.9 Å². The van der Waals surface area contributed by atoms with E-state index in [1.165, 1.54) is 10.7 Å². The van der Waals surface area contributed by atoms with Gasteiger partial charge in [-0.15, -0.1) is 11.3 Å². The van der Waals surface area contributed by atoms with Crippen molar-refractivity contribution in [2.24, 2.45) is 4.99 Å². The SMILES string of the molecule is CN=C(NCc1ncc(C)s1)NCc1ccc(-n2nc(C)cc2C)cc1C(F)(F)F. The molecule has 3 rings (SSSR count). The summed E-state index contributed by atoms with van der Waals surface area (Å²) < 4.78 is 42.7. The minimum atomic E-state index is -4.49. The number of nitrogens with zero attached hydrogens (tertiary/aromatic N) is 4. The Hall–Kier alpha value is -2.88. The summed E-state index contributed by atoms with van der Waals surface area (Å²) in [7, 11) is 1.57. The molecule has 0 amide bonds. The molecule has 0 saturated carbocycles. The third kappa shape index (κ3) is 5.18. The molecule has 0 bridgehead atoms. The molecule has 160 valence electrons. The van der Waals surface area contributed by atoms with Crippen molar-refractivity contribution in [3.8, 4) is 5.69 Å². The lowest BCUT2D eigenvalue weighted by Crippen LogP contribution is -2.36. The van der Waals surface area contributed by atoms with Crippen molar-refractivity contribution in [1.29, 1.82) is 0 Å². The molecule has 0 aliphatic heterocycles. The molecule has 0 aliphatic rings. The number of aliphatic imine (C=N–C) groups is 1. The third-order valence-electron chi connectivity index (χ3n) is 4.40. The van der Waals surface area contributed by atoms with Gasteiger partial charge >= 0.3 is 6.18 Å². The number of hydrogen-bond donors (Lipinski definition) is 2. The van der Waals surface area contributed by atoms with Crippen LogP contribution in [-0.4, -0.2) is 27.8 Å². The van der Waals surface area contributed by atoms with Gasteiger partial charge in [-0.05, 0) is 44.5 Å². The minimum Gasteiger partial charge on any atom is -0.352 e. The first-order valence-electron chi connectivity index (χ1n) is 9.27. The van der Waals surface area contributed by atoms with Crippen LogP contribution in [-0.2, 0) is 19.3 Å². The van der Waals surface area contributed by atoms with Gasteiger partial charge in [-0.1, -0.05) is 6.07 Å². The van der Waals surface area contributed by atoms with Gasteiger partial charge in [0, 0.05) is 30.4 Å². The molecule has 3 aromatic rings. The Bertz CT molecular complexity index is 1050. The average molecular weight is 437 g/mol. The van der Waals surface area contributed by atoms with Gasteiger partial charge < -0.3 is 10.6 Å². The zero-order valence-electron chi connectivity index (χ0n) is 17.1. The van der Waals surface area contributed by atoms with Gasteiger partial charge in [0.2, 0.25) is 0 Å². The molecule has 2 aromatic heterocycles. The van der Waals surface area contributed by atoms with E-state index < -0.39 is 11.7 Å². The number of halogens is 3. The van der Waals surface area contributed by atoms with Crippen LogP contribution < -0.4 is 10.6 Å². The van der Waals surface area contributed by atoms with E-state index in [0.29, 0.717) is 18.2 Å². The van der Waals surface area contributed by atoms with Gasteiger partial charge in [-0.3, -0.25) is 4.99 Å². The van der Waals surface area contributed by atoms with E-state index in [9.17, 15) is 13.2 Å². The molecule has 0 spiro atoms. The highest BCUT2D eigenvalue weighted by molar-refractivity contribution is 7.11. The number of aryl methyl sites for hydroxylation is 3. The monoisotopic (exact) mass is 436 g/mol. The number of nitrogens with one attached hydrogen (secondary N) is 2. The van der Waals surface area contributed by atoms with E-state index in [1.807, 2.05) is 19.9 Å². The van der Waals surface area contributed by atoms with Crippen LogP contribution in [0.25, 0.3) is 5.69 Å². The fourth-order valence-corrected chi connectivity index (χ4v) is 3.77. The second kappa shape index (κ2) is 8.86. The summed E-state index contributed by atoms with van der Waals surface area (Å²) in [5.74, 6) is 0.401. The molecule has 0 atom stereocenters. The van der Waals surface area contributed by atoms with Crippen molar-refractivity contribution in [1.82, 2.24) is 25.4 Å². The average Bonchev–Trinajstić information content (AvgIpc) is 3.25. The molecule has 1 aromatic carbocycles. The lowest BCUT2D eigenvalue weighted by Gasteiger charge is -2.17. The first-order valence-corrected chi connectivity index (χ1v) is 10.1. The smallest absolute Gasteiger partial charge is 0.352 e. The Morgan fingerprint density at radius 2 is 1.87 bits per heavy atom. The normalized spacial score (nSPS) is 12.3. The van der Waals surface area contributed by atoms with Crippen molar-refractivity contribution in [2.45, 2.75) is 40.0 Å². The van der Waals surface area contributed by atoms with Crippen molar-refractivity contribution in [2.75, 3.05) is 7.05 Å². The van der Waals surface area contributed by atoms with Gasteiger partial charge in [-0.25, -0.2) is 9.67 Å².